The lowest BCUT2D eigenvalue weighted by Crippen LogP contribution is -1.91. The number of rotatable bonds is 2. The van der Waals surface area contributed by atoms with Crippen molar-refractivity contribution in [1.82, 2.24) is 14.6 Å². The molecule has 2 rings (SSSR count). The zero-order valence-corrected chi connectivity index (χ0v) is 10.4. The number of fused-ring (bicyclic) bond motifs is 1. The van der Waals surface area contributed by atoms with E-state index in [0.29, 0.717) is 0 Å². The number of nitrogens with zero attached hydrogens (tertiary/aromatic N) is 3. The third kappa shape index (κ3) is 1.75. The first kappa shape index (κ1) is 9.89. The molecule has 0 spiro atoms. The van der Waals surface area contributed by atoms with Crippen molar-refractivity contribution in [2.24, 2.45) is 0 Å². The van der Waals surface area contributed by atoms with Gasteiger partial charge in [0.15, 0.2) is 11.5 Å². The fourth-order valence-electron chi connectivity index (χ4n) is 1.48. The van der Waals surface area contributed by atoms with Crippen LogP contribution in [0.1, 0.15) is 24.7 Å². The van der Waals surface area contributed by atoms with Crippen molar-refractivity contribution in [2.75, 3.05) is 0 Å². The van der Waals surface area contributed by atoms with Crippen molar-refractivity contribution in [3.63, 3.8) is 0 Å². The van der Waals surface area contributed by atoms with Crippen LogP contribution in [-0.2, 0) is 6.42 Å². The molecule has 2 heterocycles. The van der Waals surface area contributed by atoms with Crippen molar-refractivity contribution in [3.8, 4) is 0 Å². The number of hydrogen-bond acceptors (Lipinski definition) is 2. The number of hydrogen-bond donors (Lipinski definition) is 0. The molecule has 0 atom stereocenters. The lowest BCUT2D eigenvalue weighted by molar-refractivity contribution is 0.817. The van der Waals surface area contributed by atoms with Crippen molar-refractivity contribution in [2.45, 2.75) is 26.7 Å². The van der Waals surface area contributed by atoms with Crippen molar-refractivity contribution in [1.29, 1.82) is 0 Å². The molecular formula is C10H12IN3. The normalized spacial score (nSPS) is 11.1. The predicted octanol–water partition coefficient (Wildman–Crippen LogP) is 2.59. The molecule has 2 aromatic heterocycles. The van der Waals surface area contributed by atoms with Crippen LogP contribution in [0.15, 0.2) is 12.3 Å². The van der Waals surface area contributed by atoms with E-state index in [2.05, 4.69) is 52.6 Å². The van der Waals surface area contributed by atoms with E-state index >= 15 is 0 Å². The molecule has 0 unspecified atom stereocenters. The predicted molar refractivity (Wildman–Crippen MR) is 64.4 cm³/mol. The zero-order valence-electron chi connectivity index (χ0n) is 8.29. The van der Waals surface area contributed by atoms with Gasteiger partial charge in [0, 0.05) is 16.2 Å². The molecule has 0 saturated carbocycles. The van der Waals surface area contributed by atoms with Crippen LogP contribution in [0.25, 0.3) is 5.65 Å². The van der Waals surface area contributed by atoms with Gasteiger partial charge in [0.25, 0.3) is 0 Å². The second-order valence-electron chi connectivity index (χ2n) is 3.39. The maximum Gasteiger partial charge on any atom is 0.158 e. The van der Waals surface area contributed by atoms with E-state index in [4.69, 9.17) is 0 Å². The molecule has 74 valence electrons. The zero-order chi connectivity index (χ0) is 10.1. The molecule has 0 bridgehead atoms. The summed E-state index contributed by atoms with van der Waals surface area (Å²) in [5, 5.41) is 4.42. The Bertz CT molecular complexity index is 462. The van der Waals surface area contributed by atoms with Gasteiger partial charge in [0.2, 0.25) is 0 Å². The fourth-order valence-corrected chi connectivity index (χ4v) is 2.21. The van der Waals surface area contributed by atoms with E-state index < -0.39 is 0 Å². The molecule has 4 heteroatoms. The van der Waals surface area contributed by atoms with Crippen molar-refractivity contribution in [3.05, 3.63) is 27.2 Å². The first-order chi connectivity index (χ1) is 6.70. The van der Waals surface area contributed by atoms with Gasteiger partial charge in [0.1, 0.15) is 0 Å². The molecule has 2 aromatic rings. The highest BCUT2D eigenvalue weighted by Gasteiger charge is 2.05. The molecule has 3 nitrogen and oxygen atoms in total. The SMILES string of the molecule is CCCc1nc2c(C)cc(I)cn2n1. The Hall–Kier alpha value is -0.650. The highest BCUT2D eigenvalue weighted by molar-refractivity contribution is 14.1. The van der Waals surface area contributed by atoms with Crippen LogP contribution in [0, 0.1) is 10.5 Å². The number of aromatic nitrogens is 3. The van der Waals surface area contributed by atoms with E-state index in [9.17, 15) is 0 Å². The lowest BCUT2D eigenvalue weighted by atomic mass is 10.3. The Labute approximate surface area is 96.7 Å². The Morgan fingerprint density at radius 1 is 1.50 bits per heavy atom. The topological polar surface area (TPSA) is 30.2 Å². The summed E-state index contributed by atoms with van der Waals surface area (Å²) in [6.07, 6.45) is 4.06. The molecule has 0 N–H and O–H groups in total. The first-order valence-electron chi connectivity index (χ1n) is 4.72. The molecule has 0 saturated heterocycles. The fraction of sp³-hybridized carbons (Fsp3) is 0.400. The van der Waals surface area contributed by atoms with Crippen LogP contribution >= 0.6 is 22.6 Å². The van der Waals surface area contributed by atoms with Gasteiger partial charge in [-0.3, -0.25) is 0 Å². The molecule has 14 heavy (non-hydrogen) atoms. The van der Waals surface area contributed by atoms with Crippen LogP contribution in [0.5, 0.6) is 0 Å². The summed E-state index contributed by atoms with van der Waals surface area (Å²) in [7, 11) is 0. The maximum atomic E-state index is 4.49. The highest BCUT2D eigenvalue weighted by Crippen LogP contribution is 2.13. The summed E-state index contributed by atoms with van der Waals surface area (Å²) in [5.74, 6) is 0.942. The average Bonchev–Trinajstić information content (AvgIpc) is 2.48. The highest BCUT2D eigenvalue weighted by atomic mass is 127. The second kappa shape index (κ2) is 3.84. The number of halogens is 1. The Morgan fingerprint density at radius 3 is 3.00 bits per heavy atom. The van der Waals surface area contributed by atoms with Crippen molar-refractivity contribution < 1.29 is 0 Å². The van der Waals surface area contributed by atoms with Gasteiger partial charge >= 0.3 is 0 Å². The third-order valence-corrected chi connectivity index (χ3v) is 2.69. The van der Waals surface area contributed by atoms with Crippen LogP contribution < -0.4 is 0 Å². The molecule has 0 radical (unpaired) electrons. The molecular weight excluding hydrogens is 289 g/mol. The molecule has 0 aliphatic heterocycles. The molecule has 0 fully saturated rings. The summed E-state index contributed by atoms with van der Waals surface area (Å²) >= 11 is 2.30. The number of pyridine rings is 1. The number of aryl methyl sites for hydroxylation is 2. The minimum Gasteiger partial charge on any atom is -0.220 e. The third-order valence-electron chi connectivity index (χ3n) is 2.10. The van der Waals surface area contributed by atoms with E-state index in [1.807, 2.05) is 10.7 Å². The second-order valence-corrected chi connectivity index (χ2v) is 4.63. The van der Waals surface area contributed by atoms with Crippen LogP contribution in [0.4, 0.5) is 0 Å². The van der Waals surface area contributed by atoms with E-state index in [1.54, 1.807) is 0 Å². The Morgan fingerprint density at radius 2 is 2.29 bits per heavy atom. The summed E-state index contributed by atoms with van der Waals surface area (Å²) in [6.45, 7) is 4.21. The molecule has 0 aromatic carbocycles. The van der Waals surface area contributed by atoms with E-state index in [1.165, 1.54) is 9.13 Å². The van der Waals surface area contributed by atoms with E-state index in [-0.39, 0.29) is 0 Å². The summed E-state index contributed by atoms with van der Waals surface area (Å²) in [5.41, 5.74) is 2.17. The summed E-state index contributed by atoms with van der Waals surface area (Å²) < 4.78 is 3.07. The van der Waals surface area contributed by atoms with Gasteiger partial charge in [-0.15, -0.1) is 0 Å². The monoisotopic (exact) mass is 301 g/mol. The van der Waals surface area contributed by atoms with E-state index in [0.717, 1.165) is 24.3 Å². The molecule has 0 aliphatic carbocycles. The first-order valence-corrected chi connectivity index (χ1v) is 5.80. The molecule has 0 aliphatic rings. The van der Waals surface area contributed by atoms with Gasteiger partial charge in [-0.25, -0.2) is 9.50 Å². The largest absolute Gasteiger partial charge is 0.220 e. The minimum absolute atomic E-state index is 0.942. The van der Waals surface area contributed by atoms with Gasteiger partial charge in [0.05, 0.1) is 0 Å². The van der Waals surface area contributed by atoms with Gasteiger partial charge in [-0.2, -0.15) is 5.10 Å². The van der Waals surface area contributed by atoms with Gasteiger partial charge in [-0.1, -0.05) is 6.92 Å². The standard InChI is InChI=1S/C10H12IN3/c1-3-4-9-12-10-7(2)5-8(11)6-14(10)13-9/h5-6H,3-4H2,1-2H3. The van der Waals surface area contributed by atoms with Crippen LogP contribution in [0.3, 0.4) is 0 Å². The average molecular weight is 301 g/mol. The van der Waals surface area contributed by atoms with Crippen molar-refractivity contribution >= 4 is 28.2 Å². The quantitative estimate of drug-likeness (QED) is 0.798. The molecule has 0 amide bonds. The Balaban J connectivity index is 2.58. The lowest BCUT2D eigenvalue weighted by Gasteiger charge is -1.96. The van der Waals surface area contributed by atoms with Gasteiger partial charge in [-0.05, 0) is 47.6 Å². The minimum atomic E-state index is 0.942. The Kier molecular flexibility index (Phi) is 2.71. The van der Waals surface area contributed by atoms with Crippen LogP contribution in [0.2, 0.25) is 0 Å². The smallest absolute Gasteiger partial charge is 0.158 e. The maximum absolute atomic E-state index is 4.49. The summed E-state index contributed by atoms with van der Waals surface area (Å²) in [4.78, 5) is 4.49. The van der Waals surface area contributed by atoms with Crippen LogP contribution in [-0.4, -0.2) is 14.6 Å². The summed E-state index contributed by atoms with van der Waals surface area (Å²) in [6, 6.07) is 2.13. The van der Waals surface area contributed by atoms with Gasteiger partial charge < -0.3 is 0 Å².